The van der Waals surface area contributed by atoms with Gasteiger partial charge in [-0.25, -0.2) is 4.79 Å². The number of benzene rings is 3. The Morgan fingerprint density at radius 3 is 2.71 bits per heavy atom. The molecule has 12 heteroatoms. The van der Waals surface area contributed by atoms with Crippen LogP contribution in [0.3, 0.4) is 0 Å². The van der Waals surface area contributed by atoms with Crippen LogP contribution in [-0.4, -0.2) is 27.9 Å². The zero-order valence-corrected chi connectivity index (χ0v) is 20.4. The smallest absolute Gasteiger partial charge is 0.349 e. The maximum absolute atomic E-state index is 12.7. The lowest BCUT2D eigenvalue weighted by molar-refractivity contribution is -0.384. The van der Waals surface area contributed by atoms with Crippen molar-refractivity contribution < 1.29 is 14.4 Å². The summed E-state index contributed by atoms with van der Waals surface area (Å²) in [5.74, 6) is 0.454. The van der Waals surface area contributed by atoms with E-state index in [-0.39, 0.29) is 28.8 Å². The molecule has 0 saturated heterocycles. The highest BCUT2D eigenvalue weighted by molar-refractivity contribution is 9.10. The average molecular weight is 560 g/mol. The van der Waals surface area contributed by atoms with Gasteiger partial charge in [0.2, 0.25) is 0 Å². The van der Waals surface area contributed by atoms with Crippen molar-refractivity contribution in [2.75, 3.05) is 7.11 Å². The number of methoxy groups -OCH3 is 1. The molecule has 3 aromatic carbocycles. The van der Waals surface area contributed by atoms with Gasteiger partial charge >= 0.3 is 5.69 Å². The van der Waals surface area contributed by atoms with Crippen LogP contribution in [0.1, 0.15) is 11.1 Å². The quantitative estimate of drug-likeness (QED) is 0.202. The molecule has 0 aliphatic heterocycles. The van der Waals surface area contributed by atoms with E-state index in [0.29, 0.717) is 31.2 Å². The summed E-state index contributed by atoms with van der Waals surface area (Å²) >= 11 is 9.87. The Morgan fingerprint density at radius 1 is 1.20 bits per heavy atom. The van der Waals surface area contributed by atoms with Crippen molar-refractivity contribution in [2.45, 2.75) is 6.61 Å². The molecular weight excluding hydrogens is 544 g/mol. The van der Waals surface area contributed by atoms with Gasteiger partial charge in [0, 0.05) is 22.2 Å². The number of nitrogens with zero attached hydrogens (tertiary/aromatic N) is 3. The number of halogens is 2. The maximum Gasteiger partial charge on any atom is 0.349 e. The van der Waals surface area contributed by atoms with Gasteiger partial charge in [0.1, 0.15) is 11.6 Å². The molecule has 0 bridgehead atoms. The van der Waals surface area contributed by atoms with Crippen LogP contribution in [-0.2, 0) is 6.61 Å². The van der Waals surface area contributed by atoms with Crippen LogP contribution >= 0.6 is 27.5 Å². The van der Waals surface area contributed by atoms with E-state index >= 15 is 0 Å². The highest BCUT2D eigenvalue weighted by Gasteiger charge is 2.18. The molecule has 0 saturated carbocycles. The van der Waals surface area contributed by atoms with Crippen LogP contribution in [0.15, 0.2) is 73.8 Å². The van der Waals surface area contributed by atoms with Gasteiger partial charge < -0.3 is 14.5 Å². The van der Waals surface area contributed by atoms with Crippen molar-refractivity contribution in [1.29, 1.82) is 0 Å². The normalized spacial score (nSPS) is 11.2. The molecule has 1 aromatic heterocycles. The van der Waals surface area contributed by atoms with E-state index in [0.717, 1.165) is 0 Å². The van der Waals surface area contributed by atoms with Crippen molar-refractivity contribution >= 4 is 50.3 Å². The number of H-pyrrole nitrogens is 1. The van der Waals surface area contributed by atoms with Crippen LogP contribution < -0.4 is 20.7 Å². The first kappa shape index (κ1) is 24.2. The second kappa shape index (κ2) is 10.1. The Bertz CT molecular complexity index is 1600. The third-order valence-corrected chi connectivity index (χ3v) is 6.42. The van der Waals surface area contributed by atoms with E-state index in [2.05, 4.69) is 26.0 Å². The summed E-state index contributed by atoms with van der Waals surface area (Å²) in [5, 5.41) is 15.5. The molecule has 0 radical (unpaired) electrons. The monoisotopic (exact) mass is 558 g/mol. The van der Waals surface area contributed by atoms with Crippen molar-refractivity contribution in [2.24, 2.45) is 5.10 Å². The van der Waals surface area contributed by atoms with Crippen molar-refractivity contribution in [3.05, 3.63) is 106 Å². The van der Waals surface area contributed by atoms with Gasteiger partial charge in [0.15, 0.2) is 11.5 Å². The van der Waals surface area contributed by atoms with Crippen LogP contribution in [0.4, 0.5) is 5.69 Å². The number of non-ortho nitro benzene ring substituents is 1. The third kappa shape index (κ3) is 4.96. The van der Waals surface area contributed by atoms with Gasteiger partial charge in [-0.3, -0.25) is 14.9 Å². The summed E-state index contributed by atoms with van der Waals surface area (Å²) in [4.78, 5) is 38.2. The molecule has 1 N–H and O–H groups in total. The first-order chi connectivity index (χ1) is 16.8. The van der Waals surface area contributed by atoms with Crippen LogP contribution in [0, 0.1) is 10.1 Å². The molecule has 0 atom stereocenters. The molecular formula is C23H16BrClN4O6. The highest BCUT2D eigenvalue weighted by atomic mass is 79.9. The van der Waals surface area contributed by atoms with Crippen molar-refractivity contribution in [3.8, 4) is 11.5 Å². The minimum absolute atomic E-state index is 0.000500. The molecule has 10 nitrogen and oxygen atoms in total. The number of ether oxygens (including phenoxy) is 2. The number of rotatable bonds is 7. The average Bonchev–Trinajstić information content (AvgIpc) is 2.85. The first-order valence-corrected chi connectivity index (χ1v) is 11.2. The molecule has 0 aliphatic rings. The topological polar surface area (TPSA) is 129 Å². The van der Waals surface area contributed by atoms with E-state index in [9.17, 15) is 19.7 Å². The molecule has 178 valence electrons. The van der Waals surface area contributed by atoms with Gasteiger partial charge in [-0.15, -0.1) is 4.68 Å². The summed E-state index contributed by atoms with van der Waals surface area (Å²) in [6.45, 7) is -0.000500. The van der Waals surface area contributed by atoms with E-state index in [1.165, 1.54) is 25.5 Å². The van der Waals surface area contributed by atoms with Gasteiger partial charge in [0.05, 0.1) is 29.2 Å². The number of hydrogen-bond acceptors (Lipinski definition) is 7. The fourth-order valence-electron chi connectivity index (χ4n) is 3.28. The highest BCUT2D eigenvalue weighted by Crippen LogP contribution is 2.42. The largest absolute Gasteiger partial charge is 0.493 e. The lowest BCUT2D eigenvalue weighted by Gasteiger charge is -2.15. The summed E-state index contributed by atoms with van der Waals surface area (Å²) in [6.07, 6.45) is 1.29. The van der Waals surface area contributed by atoms with Crippen LogP contribution in [0.25, 0.3) is 10.9 Å². The number of aromatic amines is 1. The number of fused-ring (bicyclic) bond motifs is 1. The SMILES string of the molecule is COc1cc(C=Nn2c(=O)[nH]c3ccccc3c2=O)c(Br)c(Cl)c1OCc1cccc([N+](=O)[O-])c1. The van der Waals surface area contributed by atoms with E-state index < -0.39 is 16.2 Å². The van der Waals surface area contributed by atoms with Gasteiger partial charge in [-0.2, -0.15) is 5.10 Å². The van der Waals surface area contributed by atoms with E-state index in [1.54, 1.807) is 42.5 Å². The Morgan fingerprint density at radius 2 is 1.97 bits per heavy atom. The standard InChI is InChI=1S/C23H16BrClN4O6/c1-34-18-10-14(11-26-28-22(30)16-7-2-3-8-17(16)27-23(28)31)19(24)20(25)21(18)35-12-13-5-4-6-15(9-13)29(32)33/h2-11H,12H2,1H3,(H,27,31). The second-order valence-corrected chi connectivity index (χ2v) is 8.35. The minimum atomic E-state index is -0.698. The van der Waals surface area contributed by atoms with Crippen molar-refractivity contribution in [1.82, 2.24) is 9.66 Å². The summed E-state index contributed by atoms with van der Waals surface area (Å²) in [7, 11) is 1.42. The molecule has 0 amide bonds. The zero-order valence-electron chi connectivity index (χ0n) is 18.0. The van der Waals surface area contributed by atoms with Gasteiger partial charge in [-0.05, 0) is 39.7 Å². The number of nitrogens with one attached hydrogen (secondary N) is 1. The van der Waals surface area contributed by atoms with Crippen LogP contribution in [0.2, 0.25) is 5.02 Å². The summed E-state index contributed by atoms with van der Waals surface area (Å²) in [6, 6.07) is 14.2. The number of nitro benzene ring substituents is 1. The minimum Gasteiger partial charge on any atom is -0.493 e. The molecule has 0 aliphatic carbocycles. The number of para-hydroxylation sites is 1. The molecule has 4 rings (SSSR count). The number of hydrogen-bond donors (Lipinski definition) is 1. The molecule has 4 aromatic rings. The lowest BCUT2D eigenvalue weighted by Crippen LogP contribution is -2.32. The predicted octanol–water partition coefficient (Wildman–Crippen LogP) is 4.48. The lowest BCUT2D eigenvalue weighted by atomic mass is 10.2. The van der Waals surface area contributed by atoms with E-state index in [1.807, 2.05) is 0 Å². The fourth-order valence-corrected chi connectivity index (χ4v) is 3.93. The number of aromatic nitrogens is 2. The molecule has 1 heterocycles. The summed E-state index contributed by atoms with van der Waals surface area (Å²) < 4.78 is 12.3. The van der Waals surface area contributed by atoms with Crippen LogP contribution in [0.5, 0.6) is 11.5 Å². The van der Waals surface area contributed by atoms with Gasteiger partial charge in [0.25, 0.3) is 11.2 Å². The third-order valence-electron chi connectivity index (χ3n) is 4.98. The molecule has 35 heavy (non-hydrogen) atoms. The number of nitro groups is 1. The Kier molecular flexibility index (Phi) is 6.99. The molecule has 0 unspecified atom stereocenters. The molecule has 0 fully saturated rings. The van der Waals surface area contributed by atoms with E-state index in [4.69, 9.17) is 21.1 Å². The second-order valence-electron chi connectivity index (χ2n) is 7.18. The summed E-state index contributed by atoms with van der Waals surface area (Å²) in [5.41, 5.74) is 0.0478. The Labute approximate surface area is 210 Å². The zero-order chi connectivity index (χ0) is 25.1. The Hall–Kier alpha value is -3.96. The first-order valence-electron chi connectivity index (χ1n) is 10.0. The Balaban J connectivity index is 1.67. The maximum atomic E-state index is 12.7. The van der Waals surface area contributed by atoms with Crippen molar-refractivity contribution in [3.63, 3.8) is 0 Å². The predicted molar refractivity (Wildman–Crippen MR) is 135 cm³/mol. The van der Waals surface area contributed by atoms with Gasteiger partial charge in [-0.1, -0.05) is 35.9 Å². The fraction of sp³-hybridized carbons (Fsp3) is 0.0870. The molecule has 0 spiro atoms.